The molecule has 1 aliphatic carbocycles. The molecule has 1 saturated carbocycles. The van der Waals surface area contributed by atoms with Gasteiger partial charge in [0, 0.05) is 48.5 Å². The first-order valence-corrected chi connectivity index (χ1v) is 9.26. The van der Waals surface area contributed by atoms with Crippen LogP contribution in [0.25, 0.3) is 10.9 Å². The number of nitrogens with two attached hydrogens (primary N) is 1. The summed E-state index contributed by atoms with van der Waals surface area (Å²) >= 11 is 5.99. The van der Waals surface area contributed by atoms with Gasteiger partial charge in [-0.2, -0.15) is 0 Å². The van der Waals surface area contributed by atoms with E-state index >= 15 is 0 Å². The lowest BCUT2D eigenvalue weighted by atomic mass is 9.81. The number of aromatic amines is 1. The van der Waals surface area contributed by atoms with Crippen LogP contribution in [0.5, 0.6) is 0 Å². The van der Waals surface area contributed by atoms with Crippen molar-refractivity contribution in [1.82, 2.24) is 15.2 Å². The maximum Gasteiger partial charge on any atom is 0.268 e. The Labute approximate surface area is 170 Å². The van der Waals surface area contributed by atoms with Crippen LogP contribution in [0.4, 0.5) is 0 Å². The Morgan fingerprint density at radius 3 is 2.70 bits per heavy atom. The number of carbonyl (C=O) groups is 2. The lowest BCUT2D eigenvalue weighted by Gasteiger charge is -2.34. The van der Waals surface area contributed by atoms with Crippen LogP contribution in [0.1, 0.15) is 36.2 Å². The molecule has 1 aliphatic rings. The quantitative estimate of drug-likeness (QED) is 0.720. The van der Waals surface area contributed by atoms with Crippen molar-refractivity contribution in [3.05, 3.63) is 35.0 Å². The molecule has 1 aromatic carbocycles. The molecule has 0 saturated heterocycles. The third-order valence-electron chi connectivity index (χ3n) is 5.11. The van der Waals surface area contributed by atoms with Crippen LogP contribution in [-0.4, -0.2) is 47.9 Å². The molecule has 3 unspecified atom stereocenters. The molecule has 27 heavy (non-hydrogen) atoms. The zero-order valence-corrected chi connectivity index (χ0v) is 17.1. The molecule has 0 radical (unpaired) electrons. The van der Waals surface area contributed by atoms with Crippen molar-refractivity contribution in [2.75, 3.05) is 14.1 Å². The number of nitrogens with one attached hydrogen (secondary N) is 2. The topological polar surface area (TPSA) is 91.2 Å². The Kier molecular flexibility index (Phi) is 7.14. The first-order chi connectivity index (χ1) is 12.3. The van der Waals surface area contributed by atoms with E-state index in [4.69, 9.17) is 17.3 Å². The number of benzene rings is 1. The Morgan fingerprint density at radius 2 is 2.04 bits per heavy atom. The molecule has 0 spiro atoms. The molecule has 2 amide bonds. The number of fused-ring (bicyclic) bond motifs is 1. The number of nitrogens with zero attached hydrogens (tertiary/aromatic N) is 1. The molecule has 1 heterocycles. The molecule has 1 fully saturated rings. The Bertz CT molecular complexity index is 821. The molecule has 148 valence electrons. The lowest BCUT2D eigenvalue weighted by molar-refractivity contribution is -0.130. The van der Waals surface area contributed by atoms with Crippen molar-refractivity contribution in [2.45, 2.75) is 37.8 Å². The summed E-state index contributed by atoms with van der Waals surface area (Å²) < 4.78 is 0. The fourth-order valence-electron chi connectivity index (χ4n) is 3.56. The van der Waals surface area contributed by atoms with E-state index in [0.717, 1.165) is 30.2 Å². The van der Waals surface area contributed by atoms with E-state index in [0.29, 0.717) is 17.1 Å². The molecule has 8 heteroatoms. The van der Waals surface area contributed by atoms with E-state index in [2.05, 4.69) is 10.3 Å². The van der Waals surface area contributed by atoms with Gasteiger partial charge in [-0.15, -0.1) is 12.4 Å². The van der Waals surface area contributed by atoms with E-state index < -0.39 is 0 Å². The molecular weight excluding hydrogens is 387 g/mol. The van der Waals surface area contributed by atoms with Gasteiger partial charge in [-0.25, -0.2) is 0 Å². The normalized spacial score (nSPS) is 22.1. The molecule has 1 aromatic heterocycles. The van der Waals surface area contributed by atoms with Gasteiger partial charge in [-0.1, -0.05) is 11.6 Å². The predicted octanol–water partition coefficient (Wildman–Crippen LogP) is 2.95. The van der Waals surface area contributed by atoms with E-state index in [1.807, 2.05) is 12.1 Å². The highest BCUT2D eigenvalue weighted by Gasteiger charge is 2.30. The third kappa shape index (κ3) is 5.15. The summed E-state index contributed by atoms with van der Waals surface area (Å²) in [5, 5.41) is 4.57. The minimum absolute atomic E-state index is 0. The summed E-state index contributed by atoms with van der Waals surface area (Å²) in [6.45, 7) is 0. The standard InChI is InChI=1S/C19H25ClN4O2.ClH/c1-24(2)18(25)8-11-3-5-16(14(21)7-11)23-19(26)17-10-12-9-13(20)4-6-15(12)22-17;/h4,6,9-11,14,16,22H,3,5,7-8,21H2,1-2H3,(H,23,26);1H. The first kappa shape index (κ1) is 21.5. The molecule has 2 aromatic rings. The number of amides is 2. The van der Waals surface area contributed by atoms with Crippen molar-refractivity contribution < 1.29 is 9.59 Å². The molecule has 3 atom stereocenters. The van der Waals surface area contributed by atoms with Gasteiger partial charge in [0.15, 0.2) is 0 Å². The average Bonchev–Trinajstić information content (AvgIpc) is 3.00. The van der Waals surface area contributed by atoms with Crippen LogP contribution in [0.15, 0.2) is 24.3 Å². The highest BCUT2D eigenvalue weighted by molar-refractivity contribution is 6.31. The van der Waals surface area contributed by atoms with E-state index in [1.165, 1.54) is 0 Å². The second kappa shape index (κ2) is 8.95. The predicted molar refractivity (Wildman–Crippen MR) is 110 cm³/mol. The number of rotatable bonds is 4. The first-order valence-electron chi connectivity index (χ1n) is 8.88. The van der Waals surface area contributed by atoms with Crippen LogP contribution in [0, 0.1) is 5.92 Å². The maximum atomic E-state index is 12.6. The van der Waals surface area contributed by atoms with Gasteiger partial charge in [0.25, 0.3) is 5.91 Å². The lowest BCUT2D eigenvalue weighted by Crippen LogP contribution is -2.51. The molecule has 4 N–H and O–H groups in total. The number of H-pyrrole nitrogens is 1. The molecule has 0 aliphatic heterocycles. The highest BCUT2D eigenvalue weighted by Crippen LogP contribution is 2.27. The highest BCUT2D eigenvalue weighted by atomic mass is 35.5. The van der Waals surface area contributed by atoms with Gasteiger partial charge < -0.3 is 20.9 Å². The maximum absolute atomic E-state index is 12.6. The Hall–Kier alpha value is -1.76. The van der Waals surface area contributed by atoms with Crippen molar-refractivity contribution in [3.8, 4) is 0 Å². The van der Waals surface area contributed by atoms with Crippen LogP contribution in [0.3, 0.4) is 0 Å². The summed E-state index contributed by atoms with van der Waals surface area (Å²) in [7, 11) is 3.53. The number of halogens is 2. The largest absolute Gasteiger partial charge is 0.351 e. The van der Waals surface area contributed by atoms with Crippen LogP contribution in [-0.2, 0) is 4.79 Å². The third-order valence-corrected chi connectivity index (χ3v) is 5.35. The number of aromatic nitrogens is 1. The van der Waals surface area contributed by atoms with E-state index in [-0.39, 0.29) is 42.2 Å². The minimum Gasteiger partial charge on any atom is -0.351 e. The Balaban J connectivity index is 0.00000261. The summed E-state index contributed by atoms with van der Waals surface area (Å²) in [6.07, 6.45) is 2.93. The van der Waals surface area contributed by atoms with E-state index in [1.54, 1.807) is 31.1 Å². The van der Waals surface area contributed by atoms with Crippen LogP contribution < -0.4 is 11.1 Å². The van der Waals surface area contributed by atoms with Gasteiger partial charge in [0.2, 0.25) is 5.91 Å². The number of carbonyl (C=O) groups excluding carboxylic acids is 2. The fourth-order valence-corrected chi connectivity index (χ4v) is 3.74. The summed E-state index contributed by atoms with van der Waals surface area (Å²) in [5.41, 5.74) is 7.64. The molecule has 0 bridgehead atoms. The minimum atomic E-state index is -0.166. The van der Waals surface area contributed by atoms with Gasteiger partial charge in [0.1, 0.15) is 5.69 Å². The van der Waals surface area contributed by atoms with Gasteiger partial charge in [0.05, 0.1) is 0 Å². The second-order valence-corrected chi connectivity index (χ2v) is 7.77. The molecule has 6 nitrogen and oxygen atoms in total. The van der Waals surface area contributed by atoms with Crippen LogP contribution in [0.2, 0.25) is 5.02 Å². The van der Waals surface area contributed by atoms with Crippen molar-refractivity contribution in [2.24, 2.45) is 11.7 Å². The average molecular weight is 413 g/mol. The zero-order valence-electron chi connectivity index (χ0n) is 15.5. The molecule has 3 rings (SSSR count). The summed E-state index contributed by atoms with van der Waals surface area (Å²) in [4.78, 5) is 29.2. The van der Waals surface area contributed by atoms with Crippen molar-refractivity contribution >= 4 is 46.7 Å². The summed E-state index contributed by atoms with van der Waals surface area (Å²) in [5.74, 6) is 0.241. The fraction of sp³-hybridized carbons (Fsp3) is 0.474. The zero-order chi connectivity index (χ0) is 18.8. The van der Waals surface area contributed by atoms with E-state index in [9.17, 15) is 9.59 Å². The van der Waals surface area contributed by atoms with Crippen molar-refractivity contribution in [1.29, 1.82) is 0 Å². The van der Waals surface area contributed by atoms with Gasteiger partial charge in [-0.3, -0.25) is 9.59 Å². The van der Waals surface area contributed by atoms with Crippen LogP contribution >= 0.6 is 24.0 Å². The van der Waals surface area contributed by atoms with Gasteiger partial charge in [-0.05, 0) is 49.4 Å². The Morgan fingerprint density at radius 1 is 1.30 bits per heavy atom. The summed E-state index contributed by atoms with van der Waals surface area (Å²) in [6, 6.07) is 7.03. The molecular formula is C19H26Cl2N4O2. The monoisotopic (exact) mass is 412 g/mol. The SMILES string of the molecule is CN(C)C(=O)CC1CCC(NC(=O)c2cc3cc(Cl)ccc3[nH]2)C(N)C1.Cl. The second-order valence-electron chi connectivity index (χ2n) is 7.33. The van der Waals surface area contributed by atoms with Crippen molar-refractivity contribution in [3.63, 3.8) is 0 Å². The smallest absolute Gasteiger partial charge is 0.268 e. The van der Waals surface area contributed by atoms with Gasteiger partial charge >= 0.3 is 0 Å². The number of hydrogen-bond donors (Lipinski definition) is 3. The number of hydrogen-bond acceptors (Lipinski definition) is 3.